The van der Waals surface area contributed by atoms with E-state index in [2.05, 4.69) is 28.5 Å². The summed E-state index contributed by atoms with van der Waals surface area (Å²) in [6.45, 7) is 3.92. The van der Waals surface area contributed by atoms with Crippen LogP contribution in [0, 0.1) is 5.41 Å². The molecule has 7 heteroatoms. The van der Waals surface area contributed by atoms with Crippen molar-refractivity contribution in [2.45, 2.75) is 45.1 Å². The highest BCUT2D eigenvalue weighted by Crippen LogP contribution is 2.47. The van der Waals surface area contributed by atoms with Gasteiger partial charge in [-0.2, -0.15) is 0 Å². The monoisotopic (exact) mass is 486 g/mol. The molecule has 1 saturated heterocycles. The summed E-state index contributed by atoms with van der Waals surface area (Å²) >= 11 is 0. The average Bonchev–Trinajstić information content (AvgIpc) is 3.45. The second-order valence-corrected chi connectivity index (χ2v) is 10.2. The smallest absolute Gasteiger partial charge is 0.323 e. The minimum atomic E-state index is -0.259. The van der Waals surface area contributed by atoms with Crippen molar-refractivity contribution in [3.63, 3.8) is 0 Å². The molecule has 5 rings (SSSR count). The number of hydrogen-bond donors (Lipinski definition) is 2. The highest BCUT2D eigenvalue weighted by atomic mass is 16.5. The van der Waals surface area contributed by atoms with Crippen LogP contribution >= 0.6 is 0 Å². The first-order valence-corrected chi connectivity index (χ1v) is 12.7. The number of likely N-dealkylation sites (tertiary alicyclic amines) is 1. The molecule has 0 spiro atoms. The van der Waals surface area contributed by atoms with E-state index in [9.17, 15) is 9.59 Å². The van der Waals surface area contributed by atoms with Crippen LogP contribution in [0.5, 0.6) is 11.5 Å². The SMILES string of the molecule is CN(C(=O)C1(C)CC1)C1CCN(C2=CC=C(NC(=O)Nc3ccc(Oc4ccccc4)cc3)CC2)C1. The molecule has 2 aromatic rings. The Bertz CT molecular complexity index is 1170. The van der Waals surface area contributed by atoms with Crippen LogP contribution < -0.4 is 15.4 Å². The largest absolute Gasteiger partial charge is 0.457 e. The van der Waals surface area contributed by atoms with Crippen molar-refractivity contribution in [1.29, 1.82) is 0 Å². The first kappa shape index (κ1) is 24.0. The van der Waals surface area contributed by atoms with Crippen LogP contribution in [-0.4, -0.2) is 47.9 Å². The molecule has 7 nitrogen and oxygen atoms in total. The molecule has 2 N–H and O–H groups in total. The van der Waals surface area contributed by atoms with Crippen molar-refractivity contribution in [3.8, 4) is 11.5 Å². The van der Waals surface area contributed by atoms with Gasteiger partial charge in [0, 0.05) is 42.6 Å². The Balaban J connectivity index is 1.10. The lowest BCUT2D eigenvalue weighted by atomic mass is 10.1. The number of urea groups is 1. The van der Waals surface area contributed by atoms with Crippen LogP contribution in [0.2, 0.25) is 0 Å². The van der Waals surface area contributed by atoms with Crippen LogP contribution in [-0.2, 0) is 4.79 Å². The van der Waals surface area contributed by atoms with Gasteiger partial charge in [-0.15, -0.1) is 0 Å². The molecule has 1 aliphatic heterocycles. The minimum Gasteiger partial charge on any atom is -0.457 e. The van der Waals surface area contributed by atoms with Crippen molar-refractivity contribution in [1.82, 2.24) is 15.1 Å². The van der Waals surface area contributed by atoms with Gasteiger partial charge in [-0.1, -0.05) is 25.1 Å². The van der Waals surface area contributed by atoms with Crippen molar-refractivity contribution < 1.29 is 14.3 Å². The number of ether oxygens (including phenoxy) is 1. The summed E-state index contributed by atoms with van der Waals surface area (Å²) in [5.41, 5.74) is 2.75. The van der Waals surface area contributed by atoms with E-state index in [0.717, 1.165) is 56.6 Å². The summed E-state index contributed by atoms with van der Waals surface area (Å²) in [5.74, 6) is 1.77. The molecule has 3 aliphatic rings. The summed E-state index contributed by atoms with van der Waals surface area (Å²) in [6, 6.07) is 16.9. The Hall–Kier alpha value is -3.74. The van der Waals surface area contributed by atoms with Crippen molar-refractivity contribution in [3.05, 3.63) is 78.1 Å². The van der Waals surface area contributed by atoms with Gasteiger partial charge in [0.15, 0.2) is 0 Å². The average molecular weight is 487 g/mol. The fourth-order valence-corrected chi connectivity index (χ4v) is 4.84. The molecular weight excluding hydrogens is 452 g/mol. The fourth-order valence-electron chi connectivity index (χ4n) is 4.84. The van der Waals surface area contributed by atoms with Gasteiger partial charge in [-0.25, -0.2) is 4.79 Å². The van der Waals surface area contributed by atoms with Gasteiger partial charge < -0.3 is 25.2 Å². The number of para-hydroxylation sites is 1. The predicted octanol–water partition coefficient (Wildman–Crippen LogP) is 5.49. The number of anilines is 1. The van der Waals surface area contributed by atoms with E-state index in [1.54, 1.807) is 0 Å². The number of carbonyl (C=O) groups is 2. The van der Waals surface area contributed by atoms with E-state index >= 15 is 0 Å². The predicted molar refractivity (Wildman–Crippen MR) is 141 cm³/mol. The number of benzene rings is 2. The van der Waals surface area contributed by atoms with Gasteiger partial charge in [-0.3, -0.25) is 4.79 Å². The molecule has 1 heterocycles. The second-order valence-electron chi connectivity index (χ2n) is 10.2. The van der Waals surface area contributed by atoms with E-state index < -0.39 is 0 Å². The molecular formula is C29H34N4O3. The third kappa shape index (κ3) is 5.56. The standard InChI is InChI=1S/C29H34N4O3/c1-29(17-18-29)27(34)32(2)24-16-19-33(20-24)23-12-8-21(9-13-23)30-28(35)31-22-10-14-26(15-11-22)36-25-6-4-3-5-7-25/h3-8,10-12,14-15,24H,9,13,16-20H2,1-2H3,(H2,30,31,35). The van der Waals surface area contributed by atoms with Crippen LogP contribution in [0.15, 0.2) is 78.1 Å². The summed E-state index contributed by atoms with van der Waals surface area (Å²) < 4.78 is 5.79. The third-order valence-electron chi connectivity index (χ3n) is 7.45. The van der Waals surface area contributed by atoms with Crippen molar-refractivity contribution in [2.24, 2.45) is 5.41 Å². The molecule has 2 fully saturated rings. The summed E-state index contributed by atoms with van der Waals surface area (Å²) in [5, 5.41) is 5.84. The summed E-state index contributed by atoms with van der Waals surface area (Å²) in [7, 11) is 1.96. The zero-order valence-electron chi connectivity index (χ0n) is 21.0. The molecule has 2 aliphatic carbocycles. The third-order valence-corrected chi connectivity index (χ3v) is 7.45. The van der Waals surface area contributed by atoms with Crippen LogP contribution in [0.4, 0.5) is 10.5 Å². The van der Waals surface area contributed by atoms with Crippen LogP contribution in [0.25, 0.3) is 0 Å². The molecule has 0 bridgehead atoms. The summed E-state index contributed by atoms with van der Waals surface area (Å²) in [4.78, 5) is 29.6. The molecule has 2 aromatic carbocycles. The number of nitrogens with zero attached hydrogens (tertiary/aromatic N) is 2. The Morgan fingerprint density at radius 1 is 0.972 bits per heavy atom. The van der Waals surface area contributed by atoms with E-state index in [1.165, 1.54) is 5.70 Å². The van der Waals surface area contributed by atoms with E-state index in [1.807, 2.05) is 72.6 Å². The van der Waals surface area contributed by atoms with Gasteiger partial charge in [0.2, 0.25) is 5.91 Å². The number of amides is 3. The number of nitrogens with one attached hydrogen (secondary N) is 2. The number of rotatable bonds is 7. The highest BCUT2D eigenvalue weighted by molar-refractivity contribution is 5.90. The number of allylic oxidation sites excluding steroid dienone is 4. The molecule has 1 atom stereocenters. The lowest BCUT2D eigenvalue weighted by Gasteiger charge is -2.29. The lowest BCUT2D eigenvalue weighted by molar-refractivity contribution is -0.136. The van der Waals surface area contributed by atoms with Crippen molar-refractivity contribution >= 4 is 17.6 Å². The maximum Gasteiger partial charge on any atom is 0.323 e. The highest BCUT2D eigenvalue weighted by Gasteiger charge is 2.48. The molecule has 1 unspecified atom stereocenters. The number of carbonyl (C=O) groups excluding carboxylic acids is 2. The first-order valence-electron chi connectivity index (χ1n) is 12.7. The Morgan fingerprint density at radius 3 is 2.36 bits per heavy atom. The lowest BCUT2D eigenvalue weighted by Crippen LogP contribution is -2.42. The van der Waals surface area contributed by atoms with E-state index in [4.69, 9.17) is 4.74 Å². The van der Waals surface area contributed by atoms with Gasteiger partial charge >= 0.3 is 6.03 Å². The molecule has 36 heavy (non-hydrogen) atoms. The van der Waals surface area contributed by atoms with Gasteiger partial charge in [0.1, 0.15) is 11.5 Å². The maximum absolute atomic E-state index is 12.7. The zero-order chi connectivity index (χ0) is 25.1. The van der Waals surface area contributed by atoms with Gasteiger partial charge in [-0.05, 0) is 80.7 Å². The number of likely N-dealkylation sites (N-methyl/N-ethyl adjacent to an activating group) is 1. The molecule has 3 amide bonds. The van der Waals surface area contributed by atoms with E-state index in [0.29, 0.717) is 17.3 Å². The van der Waals surface area contributed by atoms with Crippen LogP contribution in [0.1, 0.15) is 39.0 Å². The first-order chi connectivity index (χ1) is 17.4. The topological polar surface area (TPSA) is 73.9 Å². The fraction of sp³-hybridized carbons (Fsp3) is 0.379. The van der Waals surface area contributed by atoms with Crippen molar-refractivity contribution in [2.75, 3.05) is 25.5 Å². The van der Waals surface area contributed by atoms with Gasteiger partial charge in [0.25, 0.3) is 0 Å². The Morgan fingerprint density at radius 2 is 1.69 bits per heavy atom. The molecule has 188 valence electrons. The molecule has 0 aromatic heterocycles. The molecule has 1 saturated carbocycles. The summed E-state index contributed by atoms with van der Waals surface area (Å²) in [6.07, 6.45) is 8.77. The van der Waals surface area contributed by atoms with E-state index in [-0.39, 0.29) is 17.5 Å². The quantitative estimate of drug-likeness (QED) is 0.542. The number of hydrogen-bond acceptors (Lipinski definition) is 4. The Labute approximate surface area is 212 Å². The zero-order valence-corrected chi connectivity index (χ0v) is 21.0. The minimum absolute atomic E-state index is 0.117. The normalized spacial score (nSPS) is 20.2. The maximum atomic E-state index is 12.7. The Kier molecular flexibility index (Phi) is 6.72. The van der Waals surface area contributed by atoms with Gasteiger partial charge in [0.05, 0.1) is 6.04 Å². The second kappa shape index (κ2) is 10.1. The van der Waals surface area contributed by atoms with Crippen LogP contribution in [0.3, 0.4) is 0 Å². The molecule has 0 radical (unpaired) electrons.